The zero-order valence-electron chi connectivity index (χ0n) is 73.4. The summed E-state index contributed by atoms with van der Waals surface area (Å²) >= 11 is 0. The number of amides is 10. The highest BCUT2D eigenvalue weighted by Gasteiger charge is 2.52. The molecule has 10 unspecified atom stereocenters. The van der Waals surface area contributed by atoms with Crippen LogP contribution in [-0.4, -0.2) is 202 Å². The van der Waals surface area contributed by atoms with Crippen LogP contribution < -0.4 is 4.74 Å². The van der Waals surface area contributed by atoms with Crippen molar-refractivity contribution in [2.24, 2.45) is 0 Å². The Hall–Kier alpha value is -14.2. The van der Waals surface area contributed by atoms with Gasteiger partial charge in [-0.25, -0.2) is 0 Å². The van der Waals surface area contributed by atoms with E-state index in [1.54, 1.807) is 96.6 Å². The van der Waals surface area contributed by atoms with Crippen molar-refractivity contribution in [2.45, 2.75) is 146 Å². The number of pyridine rings is 1. The predicted octanol–water partition coefficient (Wildman–Crippen LogP) is 13.4. The maximum atomic E-state index is 13.3. The Labute approximate surface area is 748 Å². The van der Waals surface area contributed by atoms with Gasteiger partial charge in [0.2, 0.25) is 53.2 Å². The summed E-state index contributed by atoms with van der Waals surface area (Å²) in [6.45, 7) is 4.90. The van der Waals surface area contributed by atoms with Crippen LogP contribution in [0.25, 0.3) is 0 Å². The highest BCUT2D eigenvalue weighted by Crippen LogP contribution is 2.41. The standard InChI is InChI=1S/C25H24N2O3.C21H24N2O4.C21H24N2O2.C19H20N2O2.C18H19N3O2/c1-26-24(20-13-7-3-8-14-20)27(23(28)18-30-21-15-9-4-10-16-21)22(25(26)29)17-19-11-5-2-6-12-19;1-22-20(16-10-6-3-7-11-16)23(18(24)12-13-19(25)26)17(21(22)27)14-15-8-4-2-5-9-15;1-3-10-19(24)23-18(15-16-11-6-4-7-12-16)21(25)22(2)20(23)17-13-8-5-9-14-17;1-14(22)21-17(13-15-9-5-3-6-10-15)19(23)20(2)18(21)16-11-7-4-8-12-16;1-13(22)21-16(11-14-7-6-10-19-12-14)18(23)20(2)17(21)15-8-4-3-5-9-15/h2-16,22,24H,17-18H2,1H3;2-11,17,19-20,25-26H,12-14H2,1H3;4-9,11-14,18,20H,3,10,15H2,1-2H3;3-12,17-18H,13H2,1-2H3;3-10,12,16-17H,11H2,1-2H3. The van der Waals surface area contributed by atoms with Crippen molar-refractivity contribution < 1.29 is 62.9 Å². The highest BCUT2D eigenvalue weighted by atomic mass is 16.5. The molecule has 24 heteroatoms. The van der Waals surface area contributed by atoms with E-state index >= 15 is 0 Å². The highest BCUT2D eigenvalue weighted by molar-refractivity contribution is 5.95. The number of carbonyl (C=O) groups excluding carboxylic acids is 10. The van der Waals surface area contributed by atoms with Crippen LogP contribution in [0.15, 0.2) is 328 Å². The summed E-state index contributed by atoms with van der Waals surface area (Å²) < 4.78 is 5.71. The van der Waals surface area contributed by atoms with E-state index in [-0.39, 0.29) is 97.0 Å². The van der Waals surface area contributed by atoms with Crippen molar-refractivity contribution in [1.29, 1.82) is 0 Å². The van der Waals surface area contributed by atoms with E-state index in [0.29, 0.717) is 44.3 Å². The van der Waals surface area contributed by atoms with Gasteiger partial charge in [-0.15, -0.1) is 0 Å². The second-order valence-electron chi connectivity index (χ2n) is 32.2. The fourth-order valence-corrected chi connectivity index (χ4v) is 17.4. The molecule has 10 aromatic carbocycles. The molecule has 5 fully saturated rings. The molecule has 11 aromatic rings. The van der Waals surface area contributed by atoms with E-state index in [1.807, 2.05) is 322 Å². The van der Waals surface area contributed by atoms with Crippen LogP contribution >= 0.6 is 0 Å². The second kappa shape index (κ2) is 44.6. The normalized spacial score (nSPS) is 19.9. The fraction of sp³-hybridized carbons (Fsp3) is 0.279. The van der Waals surface area contributed by atoms with Gasteiger partial charge < -0.3 is 63.9 Å². The van der Waals surface area contributed by atoms with Gasteiger partial charge in [-0.2, -0.15) is 0 Å². The molecule has 0 bridgehead atoms. The van der Waals surface area contributed by atoms with E-state index in [1.165, 1.54) is 13.8 Å². The van der Waals surface area contributed by atoms with E-state index in [4.69, 9.17) is 14.9 Å². The van der Waals surface area contributed by atoms with Gasteiger partial charge in [-0.1, -0.05) is 304 Å². The number of aliphatic hydroxyl groups is 2. The van der Waals surface area contributed by atoms with Gasteiger partial charge in [0.05, 0.1) is 0 Å². The van der Waals surface area contributed by atoms with Gasteiger partial charge in [0.25, 0.3) is 5.91 Å². The molecule has 0 spiro atoms. The van der Waals surface area contributed by atoms with Gasteiger partial charge in [0.15, 0.2) is 12.9 Å². The Bertz CT molecular complexity index is 5350. The molecule has 0 radical (unpaired) electrons. The maximum absolute atomic E-state index is 13.3. The fourth-order valence-electron chi connectivity index (χ4n) is 17.4. The van der Waals surface area contributed by atoms with Crippen molar-refractivity contribution in [3.05, 3.63) is 383 Å². The monoisotopic (exact) mass is 1720 g/mol. The van der Waals surface area contributed by atoms with Crippen LogP contribution in [0.2, 0.25) is 0 Å². The molecule has 0 saturated carbocycles. The number of benzene rings is 10. The lowest BCUT2D eigenvalue weighted by Gasteiger charge is -2.30. The Morgan fingerprint density at radius 1 is 0.312 bits per heavy atom. The molecule has 5 aliphatic rings. The lowest BCUT2D eigenvalue weighted by atomic mass is 10.0. The molecule has 10 amide bonds. The first kappa shape index (κ1) is 92.9. The van der Waals surface area contributed by atoms with Crippen LogP contribution in [0.3, 0.4) is 0 Å². The number of hydrogen-bond donors (Lipinski definition) is 2. The van der Waals surface area contributed by atoms with Crippen molar-refractivity contribution in [3.8, 4) is 5.75 Å². The number of hydrogen-bond acceptors (Lipinski definition) is 14. The van der Waals surface area contributed by atoms with E-state index in [9.17, 15) is 47.9 Å². The molecular formula is C104H111N11O13. The van der Waals surface area contributed by atoms with Gasteiger partial charge >= 0.3 is 0 Å². The minimum atomic E-state index is -1.55. The molecule has 0 aliphatic carbocycles. The Morgan fingerprint density at radius 3 is 0.805 bits per heavy atom. The summed E-state index contributed by atoms with van der Waals surface area (Å²) in [6.07, 6.45) is 3.45. The Kier molecular flexibility index (Phi) is 32.4. The van der Waals surface area contributed by atoms with Crippen LogP contribution in [0.1, 0.15) is 133 Å². The number of ether oxygens (including phenoxy) is 1. The van der Waals surface area contributed by atoms with Crippen molar-refractivity contribution in [3.63, 3.8) is 0 Å². The van der Waals surface area contributed by atoms with Gasteiger partial charge in [-0.3, -0.25) is 52.9 Å². The zero-order chi connectivity index (χ0) is 90.9. The molecule has 16 rings (SSSR count). The van der Waals surface area contributed by atoms with Crippen LogP contribution in [-0.2, 0) is 80.0 Å². The molecule has 10 atom stereocenters. The molecule has 5 saturated heterocycles. The summed E-state index contributed by atoms with van der Waals surface area (Å²) in [5, 5.41) is 18.3. The van der Waals surface area contributed by atoms with E-state index in [2.05, 4.69) is 4.98 Å². The summed E-state index contributed by atoms with van der Waals surface area (Å²) in [6, 6.07) is 97.7. The number of likely N-dealkylation sites (N-methyl/N-ethyl adjacent to an activating group) is 5. The third-order valence-electron chi connectivity index (χ3n) is 23.5. The molecule has 5 aliphatic heterocycles. The molecule has 128 heavy (non-hydrogen) atoms. The van der Waals surface area contributed by atoms with Crippen LogP contribution in [0.4, 0.5) is 0 Å². The first-order chi connectivity index (χ1) is 61.9. The minimum Gasteiger partial charge on any atom is -0.484 e. The van der Waals surface area contributed by atoms with Crippen molar-refractivity contribution in [2.75, 3.05) is 41.8 Å². The van der Waals surface area contributed by atoms with Gasteiger partial charge in [0, 0.05) is 113 Å². The van der Waals surface area contributed by atoms with Crippen LogP contribution in [0.5, 0.6) is 5.75 Å². The smallest absolute Gasteiger partial charge is 0.263 e. The molecule has 24 nitrogen and oxygen atoms in total. The van der Waals surface area contributed by atoms with Crippen molar-refractivity contribution in [1.82, 2.24) is 54.0 Å². The number of rotatable bonds is 23. The molecule has 2 N–H and O–H groups in total. The summed E-state index contributed by atoms with van der Waals surface area (Å²) in [5.74, 6) is -0.259. The summed E-state index contributed by atoms with van der Waals surface area (Å²) in [7, 11) is 8.76. The van der Waals surface area contributed by atoms with Crippen molar-refractivity contribution >= 4 is 59.1 Å². The number of aliphatic hydroxyl groups excluding tert-OH is 1. The quantitative estimate of drug-likeness (QED) is 0.0564. The van der Waals surface area contributed by atoms with E-state index in [0.717, 1.165) is 62.1 Å². The number of carbonyl (C=O) groups is 10. The molecular weight excluding hydrogens is 1610 g/mol. The molecule has 660 valence electrons. The molecule has 1 aromatic heterocycles. The van der Waals surface area contributed by atoms with Gasteiger partial charge in [-0.05, 0) is 80.3 Å². The summed E-state index contributed by atoms with van der Waals surface area (Å²) in [4.78, 5) is 149. The van der Waals surface area contributed by atoms with E-state index < -0.39 is 48.8 Å². The molecule has 6 heterocycles. The first-order valence-corrected chi connectivity index (χ1v) is 43.1. The largest absolute Gasteiger partial charge is 0.484 e. The maximum Gasteiger partial charge on any atom is 0.263 e. The number of nitrogens with zero attached hydrogens (tertiary/aromatic N) is 11. The third kappa shape index (κ3) is 22.5. The summed E-state index contributed by atoms with van der Waals surface area (Å²) in [5.41, 5.74) is 9.66. The average Bonchev–Trinajstić information content (AvgIpc) is 1.64. The zero-order valence-corrected chi connectivity index (χ0v) is 73.4. The first-order valence-electron chi connectivity index (χ1n) is 43.1. The topological polar surface area (TPSA) is 266 Å². The number of aromatic nitrogens is 1. The van der Waals surface area contributed by atoms with Gasteiger partial charge in [0.1, 0.15) is 66.8 Å². The second-order valence-corrected chi connectivity index (χ2v) is 32.2. The lowest BCUT2D eigenvalue weighted by molar-refractivity contribution is -0.139. The minimum absolute atomic E-state index is 0.00200. The van der Waals surface area contributed by atoms with Crippen LogP contribution in [0, 0.1) is 0 Å². The predicted molar refractivity (Wildman–Crippen MR) is 487 cm³/mol. The third-order valence-corrected chi connectivity index (χ3v) is 23.5. The lowest BCUT2D eigenvalue weighted by Crippen LogP contribution is -2.43. The Morgan fingerprint density at radius 2 is 0.547 bits per heavy atom. The number of para-hydroxylation sites is 1. The average molecular weight is 1720 g/mol. The SMILES string of the molecule is CC(=O)N1C(Cc2ccccc2)C(=O)N(C)C1c1ccccc1.CC(=O)N1C(Cc2cccnc2)C(=O)N(C)C1c1ccccc1.CCCC(=O)N1C(Cc2ccccc2)C(=O)N(C)C1c1ccccc1.CN1C(=O)C(Cc2ccccc2)N(C(=O)CCC(O)O)C1c1ccccc1.CN1C(=O)C(Cc2ccccc2)N(C(=O)COc2ccccc2)C1c1ccccc1. The Balaban J connectivity index is 0.000000146.